The van der Waals surface area contributed by atoms with Gasteiger partial charge in [0.05, 0.1) is 18.2 Å². The number of ether oxygens (including phenoxy) is 2. The molecule has 21 heavy (non-hydrogen) atoms. The number of hydrogen-bond donors (Lipinski definition) is 0. The van der Waals surface area contributed by atoms with Crippen LogP contribution in [0.2, 0.25) is 0 Å². The van der Waals surface area contributed by atoms with Crippen LogP contribution in [0.15, 0.2) is 24.3 Å². The van der Waals surface area contributed by atoms with Gasteiger partial charge in [0.2, 0.25) is 0 Å². The average molecular weight is 290 g/mol. The Balaban J connectivity index is 2.77. The van der Waals surface area contributed by atoms with Gasteiger partial charge in [0.1, 0.15) is 5.60 Å². The Morgan fingerprint density at radius 1 is 1.29 bits per heavy atom. The number of carbonyl (C=O) groups is 1. The highest BCUT2D eigenvalue weighted by Gasteiger charge is 2.22. The maximum absolute atomic E-state index is 12.2. The first-order chi connectivity index (χ1) is 9.85. The van der Waals surface area contributed by atoms with Crippen molar-refractivity contribution in [3.05, 3.63) is 35.4 Å². The number of nitrogens with zero attached hydrogens (tertiary/aromatic N) is 2. The van der Waals surface area contributed by atoms with E-state index in [1.54, 1.807) is 24.1 Å². The van der Waals surface area contributed by atoms with Gasteiger partial charge in [0, 0.05) is 20.2 Å². The molecule has 0 saturated heterocycles. The van der Waals surface area contributed by atoms with Crippen molar-refractivity contribution in [1.82, 2.24) is 4.90 Å². The highest BCUT2D eigenvalue weighted by atomic mass is 16.6. The number of rotatable bonds is 5. The zero-order chi connectivity index (χ0) is 15.9. The summed E-state index contributed by atoms with van der Waals surface area (Å²) in [5.74, 6) is 0. The minimum absolute atomic E-state index is 0.371. The predicted octanol–water partition coefficient (Wildman–Crippen LogP) is 2.94. The third-order valence-corrected chi connectivity index (χ3v) is 2.67. The first-order valence-electron chi connectivity index (χ1n) is 6.81. The van der Waals surface area contributed by atoms with Crippen molar-refractivity contribution in [3.8, 4) is 6.07 Å². The Labute approximate surface area is 126 Å². The molecule has 0 saturated carbocycles. The minimum atomic E-state index is -0.535. The van der Waals surface area contributed by atoms with Crippen LogP contribution in [0.25, 0.3) is 0 Å². The molecule has 1 aromatic rings. The quantitative estimate of drug-likeness (QED) is 0.836. The lowest BCUT2D eigenvalue weighted by atomic mass is 10.1. The molecule has 0 spiro atoms. The Kier molecular flexibility index (Phi) is 6.19. The monoisotopic (exact) mass is 290 g/mol. The van der Waals surface area contributed by atoms with Gasteiger partial charge in [-0.3, -0.25) is 0 Å². The lowest BCUT2D eigenvalue weighted by molar-refractivity contribution is 0.0184. The zero-order valence-corrected chi connectivity index (χ0v) is 13.0. The molecule has 0 N–H and O–H groups in total. The fraction of sp³-hybridized carbons (Fsp3) is 0.500. The van der Waals surface area contributed by atoms with E-state index in [2.05, 4.69) is 6.07 Å². The molecule has 0 aliphatic carbocycles. The van der Waals surface area contributed by atoms with Crippen LogP contribution in [0.4, 0.5) is 4.79 Å². The molecule has 0 atom stereocenters. The van der Waals surface area contributed by atoms with Gasteiger partial charge >= 0.3 is 6.09 Å². The number of benzene rings is 1. The molecule has 0 aliphatic heterocycles. The van der Waals surface area contributed by atoms with Gasteiger partial charge < -0.3 is 14.4 Å². The standard InChI is InChI=1S/C16H22N2O3/c1-16(2,3)21-15(19)18(9-10-20-4)12-14-7-5-13(11-17)6-8-14/h5-8H,9-10,12H2,1-4H3. The van der Waals surface area contributed by atoms with Crippen molar-refractivity contribution in [1.29, 1.82) is 5.26 Å². The summed E-state index contributed by atoms with van der Waals surface area (Å²) in [5.41, 5.74) is 1.00. The van der Waals surface area contributed by atoms with E-state index in [1.807, 2.05) is 32.9 Å². The lowest BCUT2D eigenvalue weighted by Crippen LogP contribution is -2.38. The minimum Gasteiger partial charge on any atom is -0.444 e. The van der Waals surface area contributed by atoms with Crippen LogP contribution in [0.1, 0.15) is 31.9 Å². The summed E-state index contributed by atoms with van der Waals surface area (Å²) in [5, 5.41) is 8.79. The first kappa shape index (κ1) is 17.0. The second-order valence-corrected chi connectivity index (χ2v) is 5.70. The number of amides is 1. The van der Waals surface area contributed by atoms with Crippen molar-refractivity contribution in [2.24, 2.45) is 0 Å². The number of hydrogen-bond acceptors (Lipinski definition) is 4. The van der Waals surface area contributed by atoms with E-state index in [0.29, 0.717) is 25.3 Å². The molecule has 0 fully saturated rings. The van der Waals surface area contributed by atoms with E-state index in [0.717, 1.165) is 5.56 Å². The molecule has 0 bridgehead atoms. The topological polar surface area (TPSA) is 62.6 Å². The van der Waals surface area contributed by atoms with Crippen LogP contribution in [0.3, 0.4) is 0 Å². The summed E-state index contributed by atoms with van der Waals surface area (Å²) in [6, 6.07) is 9.21. The molecule has 0 unspecified atom stereocenters. The number of methoxy groups -OCH3 is 1. The Morgan fingerprint density at radius 3 is 2.38 bits per heavy atom. The van der Waals surface area contributed by atoms with Crippen LogP contribution in [-0.2, 0) is 16.0 Å². The highest BCUT2D eigenvalue weighted by molar-refractivity contribution is 5.68. The van der Waals surface area contributed by atoms with Crippen molar-refractivity contribution in [2.45, 2.75) is 32.9 Å². The smallest absolute Gasteiger partial charge is 0.410 e. The summed E-state index contributed by atoms with van der Waals surface area (Å²) in [7, 11) is 1.59. The second kappa shape index (κ2) is 7.65. The summed E-state index contributed by atoms with van der Waals surface area (Å²) in [6.45, 7) is 6.81. The van der Waals surface area contributed by atoms with Crippen LogP contribution in [0.5, 0.6) is 0 Å². The fourth-order valence-corrected chi connectivity index (χ4v) is 1.67. The molecule has 114 valence electrons. The highest BCUT2D eigenvalue weighted by Crippen LogP contribution is 2.13. The third kappa shape index (κ3) is 6.28. The van der Waals surface area contributed by atoms with Gasteiger partial charge in [-0.25, -0.2) is 4.79 Å². The van der Waals surface area contributed by atoms with Gasteiger partial charge in [-0.15, -0.1) is 0 Å². The summed E-state index contributed by atoms with van der Waals surface area (Å²) in [4.78, 5) is 13.8. The Bertz CT molecular complexity index is 498. The van der Waals surface area contributed by atoms with Gasteiger partial charge in [0.15, 0.2) is 0 Å². The third-order valence-electron chi connectivity index (χ3n) is 2.67. The summed E-state index contributed by atoms with van der Waals surface area (Å²) >= 11 is 0. The number of carbonyl (C=O) groups excluding carboxylic acids is 1. The van der Waals surface area contributed by atoms with Gasteiger partial charge in [-0.1, -0.05) is 12.1 Å². The van der Waals surface area contributed by atoms with E-state index in [1.165, 1.54) is 0 Å². The Morgan fingerprint density at radius 2 is 1.90 bits per heavy atom. The molecule has 0 heterocycles. The molecule has 1 amide bonds. The normalized spacial score (nSPS) is 10.8. The molecule has 0 radical (unpaired) electrons. The molecule has 1 rings (SSSR count). The average Bonchev–Trinajstić information content (AvgIpc) is 2.42. The molecule has 1 aromatic carbocycles. The van der Waals surface area contributed by atoms with Crippen molar-refractivity contribution in [2.75, 3.05) is 20.3 Å². The molecular formula is C16H22N2O3. The van der Waals surface area contributed by atoms with Crippen LogP contribution in [0, 0.1) is 11.3 Å². The van der Waals surface area contributed by atoms with Gasteiger partial charge in [-0.2, -0.15) is 5.26 Å². The van der Waals surface area contributed by atoms with Crippen molar-refractivity contribution in [3.63, 3.8) is 0 Å². The van der Waals surface area contributed by atoms with E-state index in [4.69, 9.17) is 14.7 Å². The molecular weight excluding hydrogens is 268 g/mol. The zero-order valence-electron chi connectivity index (χ0n) is 13.0. The van der Waals surface area contributed by atoms with Crippen LogP contribution >= 0.6 is 0 Å². The summed E-state index contributed by atoms with van der Waals surface area (Å²) in [6.07, 6.45) is -0.371. The molecule has 5 heteroatoms. The predicted molar refractivity (Wildman–Crippen MR) is 79.7 cm³/mol. The fourth-order valence-electron chi connectivity index (χ4n) is 1.67. The first-order valence-corrected chi connectivity index (χ1v) is 6.81. The SMILES string of the molecule is COCCN(Cc1ccc(C#N)cc1)C(=O)OC(C)(C)C. The second-order valence-electron chi connectivity index (χ2n) is 5.70. The maximum atomic E-state index is 12.2. The lowest BCUT2D eigenvalue weighted by Gasteiger charge is -2.27. The summed E-state index contributed by atoms with van der Waals surface area (Å²) < 4.78 is 10.4. The van der Waals surface area contributed by atoms with Crippen LogP contribution < -0.4 is 0 Å². The molecule has 0 aliphatic rings. The van der Waals surface area contributed by atoms with E-state index >= 15 is 0 Å². The number of nitriles is 1. The van der Waals surface area contributed by atoms with Gasteiger partial charge in [0.25, 0.3) is 0 Å². The van der Waals surface area contributed by atoms with Crippen molar-refractivity contribution >= 4 is 6.09 Å². The largest absolute Gasteiger partial charge is 0.444 e. The van der Waals surface area contributed by atoms with E-state index in [9.17, 15) is 4.79 Å². The Hall–Kier alpha value is -2.06. The molecule has 0 aromatic heterocycles. The maximum Gasteiger partial charge on any atom is 0.410 e. The van der Waals surface area contributed by atoms with Crippen molar-refractivity contribution < 1.29 is 14.3 Å². The van der Waals surface area contributed by atoms with Gasteiger partial charge in [-0.05, 0) is 38.5 Å². The van der Waals surface area contributed by atoms with E-state index < -0.39 is 5.60 Å². The van der Waals surface area contributed by atoms with E-state index in [-0.39, 0.29) is 6.09 Å². The molecule has 5 nitrogen and oxygen atoms in total. The van der Waals surface area contributed by atoms with Crippen LogP contribution in [-0.4, -0.2) is 36.9 Å².